The number of ether oxygens (including phenoxy) is 2. The normalized spacial score (nSPS) is 37.0. The van der Waals surface area contributed by atoms with Crippen LogP contribution in [0.2, 0.25) is 0 Å². The van der Waals surface area contributed by atoms with Gasteiger partial charge in [-0.3, -0.25) is 9.69 Å². The molecule has 2 fully saturated rings. The lowest BCUT2D eigenvalue weighted by Gasteiger charge is -2.48. The van der Waals surface area contributed by atoms with Gasteiger partial charge in [0.15, 0.2) is 0 Å². The molecule has 0 radical (unpaired) electrons. The maximum Gasteiger partial charge on any atom is 0.337 e. The standard InChI is InChI=1S/C21H24N2O4/c1-12-14-10-23-8-7-21(16-5-3-4-6-17(16)22-20(21)25)18(23)9-13(14)15(11-27-12)19(24)26-2/h3-6,11-14,18H,7-10H2,1-2H3,(H,22,25)/t12?,13?,14?,18?,21-/m0/s1. The minimum Gasteiger partial charge on any atom is -0.497 e. The molecule has 1 spiro atoms. The van der Waals surface area contributed by atoms with Gasteiger partial charge in [-0.2, -0.15) is 0 Å². The van der Waals surface area contributed by atoms with E-state index in [0.717, 1.165) is 37.2 Å². The lowest BCUT2D eigenvalue weighted by molar-refractivity contribution is -0.139. The highest BCUT2D eigenvalue weighted by Crippen LogP contribution is 2.53. The highest BCUT2D eigenvalue weighted by atomic mass is 16.5. The molecule has 1 N–H and O–H groups in total. The number of benzene rings is 1. The van der Waals surface area contributed by atoms with Crippen LogP contribution in [-0.4, -0.2) is 49.1 Å². The Hall–Kier alpha value is -2.34. The number of anilines is 1. The first-order valence-corrected chi connectivity index (χ1v) is 9.65. The van der Waals surface area contributed by atoms with E-state index in [1.807, 2.05) is 18.2 Å². The third-order valence-corrected chi connectivity index (χ3v) is 7.14. The van der Waals surface area contributed by atoms with Crippen molar-refractivity contribution in [2.45, 2.75) is 37.3 Å². The van der Waals surface area contributed by atoms with Crippen molar-refractivity contribution in [3.8, 4) is 0 Å². The van der Waals surface area contributed by atoms with E-state index in [1.54, 1.807) is 6.26 Å². The van der Waals surface area contributed by atoms with Gasteiger partial charge in [0.25, 0.3) is 0 Å². The molecule has 0 aliphatic carbocycles. The fourth-order valence-electron chi connectivity index (χ4n) is 5.77. The first-order valence-electron chi connectivity index (χ1n) is 9.65. The Labute approximate surface area is 158 Å². The second kappa shape index (κ2) is 5.83. The molecule has 6 nitrogen and oxygen atoms in total. The summed E-state index contributed by atoms with van der Waals surface area (Å²) < 4.78 is 10.8. The number of amides is 1. The molecule has 4 heterocycles. The van der Waals surface area contributed by atoms with E-state index in [9.17, 15) is 9.59 Å². The van der Waals surface area contributed by atoms with Crippen molar-refractivity contribution in [3.05, 3.63) is 41.7 Å². The second-order valence-corrected chi connectivity index (χ2v) is 8.14. The van der Waals surface area contributed by atoms with Crippen LogP contribution in [-0.2, 0) is 24.5 Å². The third kappa shape index (κ3) is 2.16. The van der Waals surface area contributed by atoms with Crippen LogP contribution in [0.3, 0.4) is 0 Å². The molecule has 0 bridgehead atoms. The molecule has 6 heteroatoms. The van der Waals surface area contributed by atoms with Gasteiger partial charge in [-0.1, -0.05) is 18.2 Å². The number of carbonyl (C=O) groups is 2. The molecular weight excluding hydrogens is 344 g/mol. The Balaban J connectivity index is 1.55. The SMILES string of the molecule is COC(=O)C1=COC(C)C2CN3CC[C@@]4(C(=O)Nc5ccccc54)C3CC12. The molecule has 2 saturated heterocycles. The van der Waals surface area contributed by atoms with Crippen molar-refractivity contribution in [1.82, 2.24) is 4.90 Å². The number of methoxy groups -OCH3 is 1. The van der Waals surface area contributed by atoms with E-state index >= 15 is 0 Å². The summed E-state index contributed by atoms with van der Waals surface area (Å²) in [6, 6.07) is 8.10. The average Bonchev–Trinajstić information content (AvgIpc) is 3.20. The van der Waals surface area contributed by atoms with Crippen LogP contribution in [0, 0.1) is 11.8 Å². The van der Waals surface area contributed by atoms with Gasteiger partial charge >= 0.3 is 5.97 Å². The maximum absolute atomic E-state index is 13.1. The lowest BCUT2D eigenvalue weighted by atomic mass is 9.66. The Kier molecular flexibility index (Phi) is 3.63. The summed E-state index contributed by atoms with van der Waals surface area (Å²) in [6.07, 6.45) is 3.20. The fraction of sp³-hybridized carbons (Fsp3) is 0.524. The average molecular weight is 368 g/mol. The number of esters is 1. The molecule has 0 saturated carbocycles. The molecule has 0 aromatic heterocycles. The topological polar surface area (TPSA) is 67.9 Å². The summed E-state index contributed by atoms with van der Waals surface area (Å²) in [6.45, 7) is 3.79. The van der Waals surface area contributed by atoms with Gasteiger partial charge in [-0.25, -0.2) is 4.79 Å². The predicted octanol–water partition coefficient (Wildman–Crippen LogP) is 2.06. The largest absolute Gasteiger partial charge is 0.497 e. The Morgan fingerprint density at radius 1 is 1.37 bits per heavy atom. The molecule has 1 aromatic carbocycles. The van der Waals surface area contributed by atoms with Gasteiger partial charge in [0, 0.05) is 30.1 Å². The van der Waals surface area contributed by atoms with E-state index in [0.29, 0.717) is 5.57 Å². The van der Waals surface area contributed by atoms with Gasteiger partial charge in [-0.05, 0) is 37.9 Å². The second-order valence-electron chi connectivity index (χ2n) is 8.14. The van der Waals surface area contributed by atoms with E-state index in [2.05, 4.69) is 23.2 Å². The number of hydrogen-bond acceptors (Lipinski definition) is 5. The number of nitrogens with zero attached hydrogens (tertiary/aromatic N) is 1. The van der Waals surface area contributed by atoms with Crippen molar-refractivity contribution in [2.24, 2.45) is 11.8 Å². The highest BCUT2D eigenvalue weighted by molar-refractivity contribution is 6.07. The monoisotopic (exact) mass is 368 g/mol. The number of carbonyl (C=O) groups excluding carboxylic acids is 2. The van der Waals surface area contributed by atoms with Crippen LogP contribution >= 0.6 is 0 Å². The maximum atomic E-state index is 13.1. The molecular formula is C21H24N2O4. The smallest absolute Gasteiger partial charge is 0.337 e. The highest BCUT2D eigenvalue weighted by Gasteiger charge is 2.61. The summed E-state index contributed by atoms with van der Waals surface area (Å²) in [7, 11) is 1.41. The first kappa shape index (κ1) is 16.8. The predicted molar refractivity (Wildman–Crippen MR) is 99.0 cm³/mol. The zero-order chi connectivity index (χ0) is 18.8. The van der Waals surface area contributed by atoms with Crippen molar-refractivity contribution in [2.75, 3.05) is 25.5 Å². The van der Waals surface area contributed by atoms with Crippen LogP contribution in [0.1, 0.15) is 25.3 Å². The van der Waals surface area contributed by atoms with Crippen molar-refractivity contribution < 1.29 is 19.1 Å². The van der Waals surface area contributed by atoms with Gasteiger partial charge in [-0.15, -0.1) is 0 Å². The number of para-hydroxylation sites is 1. The lowest BCUT2D eigenvalue weighted by Crippen LogP contribution is -2.56. The summed E-state index contributed by atoms with van der Waals surface area (Å²) in [5.41, 5.74) is 2.11. The zero-order valence-corrected chi connectivity index (χ0v) is 15.6. The van der Waals surface area contributed by atoms with Crippen molar-refractivity contribution >= 4 is 17.6 Å². The molecule has 4 aliphatic rings. The molecule has 1 aromatic rings. The van der Waals surface area contributed by atoms with Crippen LogP contribution in [0.5, 0.6) is 0 Å². The van der Waals surface area contributed by atoms with Gasteiger partial charge in [0.2, 0.25) is 5.91 Å². The third-order valence-electron chi connectivity index (χ3n) is 7.14. The Morgan fingerprint density at radius 3 is 3.00 bits per heavy atom. The minimum absolute atomic E-state index is 0.0468. The first-order chi connectivity index (χ1) is 13.1. The number of rotatable bonds is 1. The molecule has 142 valence electrons. The Bertz CT molecular complexity index is 850. The molecule has 5 atom stereocenters. The van der Waals surface area contributed by atoms with Gasteiger partial charge in [0.05, 0.1) is 30.5 Å². The molecule has 27 heavy (non-hydrogen) atoms. The molecule has 4 unspecified atom stereocenters. The quantitative estimate of drug-likeness (QED) is 0.769. The number of fused-ring (bicyclic) bond motifs is 5. The molecule has 1 amide bonds. The molecule has 4 aliphatic heterocycles. The Morgan fingerprint density at radius 2 is 2.19 bits per heavy atom. The summed E-state index contributed by atoms with van der Waals surface area (Å²) in [5, 5.41) is 3.09. The van der Waals surface area contributed by atoms with E-state index < -0.39 is 5.41 Å². The van der Waals surface area contributed by atoms with Crippen LogP contribution in [0.4, 0.5) is 5.69 Å². The van der Waals surface area contributed by atoms with Crippen LogP contribution in [0.15, 0.2) is 36.1 Å². The van der Waals surface area contributed by atoms with E-state index in [1.165, 1.54) is 7.11 Å². The van der Waals surface area contributed by atoms with E-state index in [4.69, 9.17) is 9.47 Å². The molecule has 5 rings (SSSR count). The van der Waals surface area contributed by atoms with Crippen LogP contribution < -0.4 is 5.32 Å². The fourth-order valence-corrected chi connectivity index (χ4v) is 5.77. The number of piperidine rings is 1. The van der Waals surface area contributed by atoms with Crippen molar-refractivity contribution in [3.63, 3.8) is 0 Å². The minimum atomic E-state index is -0.523. The summed E-state index contributed by atoms with van der Waals surface area (Å²) in [4.78, 5) is 27.9. The van der Waals surface area contributed by atoms with Crippen molar-refractivity contribution in [1.29, 1.82) is 0 Å². The summed E-state index contributed by atoms with van der Waals surface area (Å²) in [5.74, 6) is 0.0558. The van der Waals surface area contributed by atoms with Gasteiger partial charge in [0.1, 0.15) is 0 Å². The number of nitrogens with one attached hydrogen (secondary N) is 1. The van der Waals surface area contributed by atoms with Crippen LogP contribution in [0.25, 0.3) is 0 Å². The number of hydrogen-bond donors (Lipinski definition) is 1. The zero-order valence-electron chi connectivity index (χ0n) is 15.6. The van der Waals surface area contributed by atoms with E-state index in [-0.39, 0.29) is 35.9 Å². The summed E-state index contributed by atoms with van der Waals surface area (Å²) >= 11 is 0. The van der Waals surface area contributed by atoms with Gasteiger partial charge < -0.3 is 14.8 Å².